The molecule has 0 aliphatic carbocycles. The third kappa shape index (κ3) is 2.14. The number of nitrogens with one attached hydrogen (secondary N) is 3. The minimum atomic E-state index is -0.274. The van der Waals surface area contributed by atoms with Gasteiger partial charge in [-0.25, -0.2) is 0 Å². The van der Waals surface area contributed by atoms with Crippen molar-refractivity contribution in [2.24, 2.45) is 0 Å². The van der Waals surface area contributed by atoms with Crippen molar-refractivity contribution < 1.29 is 14.1 Å². The number of rotatable bonds is 2. The Bertz CT molecular complexity index is 705. The average molecular weight is 318 g/mol. The fourth-order valence-electron chi connectivity index (χ4n) is 3.30. The van der Waals surface area contributed by atoms with Gasteiger partial charge in [0.2, 0.25) is 0 Å². The molecule has 2 aliphatic rings. The van der Waals surface area contributed by atoms with E-state index in [-0.39, 0.29) is 12.1 Å². The lowest BCUT2D eigenvalue weighted by molar-refractivity contribution is -0.936. The molecule has 1 amide bonds. The fourth-order valence-corrected chi connectivity index (χ4v) is 4.63. The van der Waals surface area contributed by atoms with E-state index in [1.165, 1.54) is 10.4 Å². The number of furan rings is 1. The largest absolute Gasteiger partial charge is 0.465 e. The maximum Gasteiger partial charge on any atom is 0.256 e. The van der Waals surface area contributed by atoms with Crippen LogP contribution in [-0.2, 0) is 13.0 Å². The number of fused-ring (bicyclic) bond motifs is 3. The molecule has 0 aromatic carbocycles. The van der Waals surface area contributed by atoms with Gasteiger partial charge >= 0.3 is 0 Å². The molecule has 0 bridgehead atoms. The standard InChI is InChI=1S/C16H19N3O2S/c1-9(2)19-6-5-10-12(8-19)22-16-13(10)15(20)17-14(18-16)11-4-3-7-21-11/h3-4,7,9,14,18H,5-6,8H2,1-2H3,(H,17,20)/p+1/t14-/m1/s1. The second kappa shape index (κ2) is 5.14. The van der Waals surface area contributed by atoms with Crippen molar-refractivity contribution in [3.8, 4) is 0 Å². The number of anilines is 1. The van der Waals surface area contributed by atoms with E-state index in [2.05, 4.69) is 24.5 Å². The van der Waals surface area contributed by atoms with Gasteiger partial charge in [0, 0.05) is 6.42 Å². The van der Waals surface area contributed by atoms with Crippen LogP contribution < -0.4 is 15.5 Å². The lowest BCUT2D eigenvalue weighted by Crippen LogP contribution is -3.14. The van der Waals surface area contributed by atoms with Crippen molar-refractivity contribution in [2.45, 2.75) is 39.0 Å². The highest BCUT2D eigenvalue weighted by Crippen LogP contribution is 2.39. The van der Waals surface area contributed by atoms with Crippen LogP contribution >= 0.6 is 11.3 Å². The molecule has 2 aliphatic heterocycles. The van der Waals surface area contributed by atoms with Gasteiger partial charge < -0.3 is 20.0 Å². The molecule has 116 valence electrons. The Morgan fingerprint density at radius 1 is 1.41 bits per heavy atom. The zero-order chi connectivity index (χ0) is 15.3. The summed E-state index contributed by atoms with van der Waals surface area (Å²) in [5.41, 5.74) is 2.10. The Hall–Kier alpha value is -1.79. The molecule has 0 radical (unpaired) electrons. The van der Waals surface area contributed by atoms with Gasteiger partial charge in [-0.2, -0.15) is 0 Å². The molecule has 4 rings (SSSR count). The number of quaternary nitrogens is 1. The topological polar surface area (TPSA) is 58.7 Å². The maximum absolute atomic E-state index is 12.5. The first-order chi connectivity index (χ1) is 10.6. The first-order valence-corrected chi connectivity index (χ1v) is 8.55. The van der Waals surface area contributed by atoms with Gasteiger partial charge in [-0.05, 0) is 31.5 Å². The lowest BCUT2D eigenvalue weighted by atomic mass is 10.0. The van der Waals surface area contributed by atoms with Gasteiger partial charge in [0.1, 0.15) is 17.3 Å². The van der Waals surface area contributed by atoms with E-state index in [9.17, 15) is 4.79 Å². The van der Waals surface area contributed by atoms with Crippen molar-refractivity contribution in [3.63, 3.8) is 0 Å². The number of hydrogen-bond donors (Lipinski definition) is 3. The monoisotopic (exact) mass is 318 g/mol. The average Bonchev–Trinajstić information content (AvgIpc) is 3.13. The highest BCUT2D eigenvalue weighted by atomic mass is 32.1. The summed E-state index contributed by atoms with van der Waals surface area (Å²) in [6, 6.07) is 4.33. The van der Waals surface area contributed by atoms with Gasteiger partial charge in [-0.15, -0.1) is 11.3 Å². The van der Waals surface area contributed by atoms with E-state index < -0.39 is 0 Å². The minimum absolute atomic E-state index is 0.0145. The Morgan fingerprint density at radius 2 is 2.27 bits per heavy atom. The molecule has 0 saturated heterocycles. The van der Waals surface area contributed by atoms with Crippen LogP contribution in [0.2, 0.25) is 0 Å². The van der Waals surface area contributed by atoms with Crippen molar-refractivity contribution >= 4 is 22.2 Å². The number of thiophene rings is 1. The van der Waals surface area contributed by atoms with Crippen molar-refractivity contribution in [1.29, 1.82) is 0 Å². The summed E-state index contributed by atoms with van der Waals surface area (Å²) in [5, 5.41) is 7.40. The predicted molar refractivity (Wildman–Crippen MR) is 85.2 cm³/mol. The van der Waals surface area contributed by atoms with E-state index in [4.69, 9.17) is 4.42 Å². The molecule has 0 fully saturated rings. The summed E-state index contributed by atoms with van der Waals surface area (Å²) >= 11 is 1.73. The zero-order valence-electron chi connectivity index (χ0n) is 12.7. The Kier molecular flexibility index (Phi) is 3.23. The smallest absolute Gasteiger partial charge is 0.256 e. The molecule has 4 heterocycles. The van der Waals surface area contributed by atoms with Crippen molar-refractivity contribution in [3.05, 3.63) is 40.2 Å². The van der Waals surface area contributed by atoms with Crippen LogP contribution in [0.4, 0.5) is 5.00 Å². The Morgan fingerprint density at radius 3 is 3.00 bits per heavy atom. The number of hydrogen-bond acceptors (Lipinski definition) is 4. The number of carbonyl (C=O) groups excluding carboxylic acids is 1. The molecule has 0 saturated carbocycles. The third-order valence-electron chi connectivity index (χ3n) is 4.60. The van der Waals surface area contributed by atoms with Gasteiger partial charge in [0.25, 0.3) is 5.91 Å². The molecule has 3 N–H and O–H groups in total. The summed E-state index contributed by atoms with van der Waals surface area (Å²) in [4.78, 5) is 15.5. The quantitative estimate of drug-likeness (QED) is 0.787. The third-order valence-corrected chi connectivity index (χ3v) is 5.76. The fraction of sp³-hybridized carbons (Fsp3) is 0.438. The van der Waals surface area contributed by atoms with Crippen molar-refractivity contribution in [2.75, 3.05) is 11.9 Å². The summed E-state index contributed by atoms with van der Waals surface area (Å²) in [6.07, 6.45) is 2.33. The first kappa shape index (κ1) is 13.8. The summed E-state index contributed by atoms with van der Waals surface area (Å²) < 4.78 is 5.41. The van der Waals surface area contributed by atoms with Crippen LogP contribution in [0.3, 0.4) is 0 Å². The van der Waals surface area contributed by atoms with Crippen LogP contribution in [0.15, 0.2) is 22.8 Å². The summed E-state index contributed by atoms with van der Waals surface area (Å²) in [7, 11) is 0. The van der Waals surface area contributed by atoms with E-state index in [1.54, 1.807) is 22.5 Å². The molecular formula is C16H20N3O2S+. The lowest BCUT2D eigenvalue weighted by Gasteiger charge is -2.28. The van der Waals surface area contributed by atoms with E-state index >= 15 is 0 Å². The maximum atomic E-state index is 12.5. The van der Waals surface area contributed by atoms with Gasteiger partial charge in [0.05, 0.1) is 29.3 Å². The van der Waals surface area contributed by atoms with Crippen LogP contribution in [0, 0.1) is 0 Å². The molecule has 6 heteroatoms. The van der Waals surface area contributed by atoms with E-state index in [1.807, 2.05) is 12.1 Å². The molecule has 2 aromatic rings. The Labute approximate surface area is 133 Å². The van der Waals surface area contributed by atoms with Gasteiger partial charge in [-0.3, -0.25) is 4.79 Å². The second-order valence-corrected chi connectivity index (χ2v) is 7.37. The van der Waals surface area contributed by atoms with Gasteiger partial charge in [0.15, 0.2) is 6.17 Å². The van der Waals surface area contributed by atoms with Crippen LogP contribution in [0.25, 0.3) is 0 Å². The molecule has 5 nitrogen and oxygen atoms in total. The number of carbonyl (C=O) groups is 1. The van der Waals surface area contributed by atoms with Crippen LogP contribution in [0.1, 0.15) is 46.6 Å². The molecule has 1 unspecified atom stereocenters. The molecule has 22 heavy (non-hydrogen) atoms. The van der Waals surface area contributed by atoms with Crippen molar-refractivity contribution in [1.82, 2.24) is 5.32 Å². The van der Waals surface area contributed by atoms with E-state index in [0.29, 0.717) is 6.04 Å². The molecular weight excluding hydrogens is 298 g/mol. The highest BCUT2D eigenvalue weighted by molar-refractivity contribution is 7.16. The van der Waals surface area contributed by atoms with Crippen LogP contribution in [0.5, 0.6) is 0 Å². The summed E-state index contributed by atoms with van der Waals surface area (Å²) in [5.74, 6) is 0.750. The van der Waals surface area contributed by atoms with Crippen LogP contribution in [-0.4, -0.2) is 18.5 Å². The van der Waals surface area contributed by atoms with E-state index in [0.717, 1.165) is 35.8 Å². The minimum Gasteiger partial charge on any atom is -0.465 e. The number of amides is 1. The Balaban J connectivity index is 1.67. The molecule has 2 atom stereocenters. The second-order valence-electron chi connectivity index (χ2n) is 6.26. The highest BCUT2D eigenvalue weighted by Gasteiger charge is 2.35. The molecule has 0 spiro atoms. The zero-order valence-corrected chi connectivity index (χ0v) is 13.5. The normalized spacial score (nSPS) is 23.7. The van der Waals surface area contributed by atoms with Gasteiger partial charge in [-0.1, -0.05) is 0 Å². The molecule has 2 aromatic heterocycles. The predicted octanol–water partition coefficient (Wildman–Crippen LogP) is 1.54. The summed E-state index contributed by atoms with van der Waals surface area (Å²) in [6.45, 7) is 6.63. The first-order valence-electron chi connectivity index (χ1n) is 7.73. The SMILES string of the molecule is CC(C)[NH+]1CCc2c(sc3c2C(=O)N[C@@H](c2ccco2)N3)C1.